The quantitative estimate of drug-likeness (QED) is 0.642. The van der Waals surface area contributed by atoms with E-state index in [0.29, 0.717) is 17.9 Å². The SMILES string of the molecule is CCOc1cccc(O)c1C1(N=C=O)CCC1. The molecule has 1 aliphatic rings. The number of aromatic hydroxyl groups is 1. The molecule has 0 heterocycles. The number of aliphatic imine (C=N–C) groups is 1. The van der Waals surface area contributed by atoms with Gasteiger partial charge in [-0.05, 0) is 38.3 Å². The van der Waals surface area contributed by atoms with E-state index in [1.807, 2.05) is 6.92 Å². The number of ether oxygens (including phenoxy) is 1. The molecule has 1 N–H and O–H groups in total. The van der Waals surface area contributed by atoms with Gasteiger partial charge < -0.3 is 9.84 Å². The minimum absolute atomic E-state index is 0.134. The zero-order chi connectivity index (χ0) is 12.3. The van der Waals surface area contributed by atoms with E-state index in [-0.39, 0.29) is 5.75 Å². The Bertz CT molecular complexity index is 460. The fourth-order valence-electron chi connectivity index (χ4n) is 2.28. The third kappa shape index (κ3) is 1.92. The summed E-state index contributed by atoms with van der Waals surface area (Å²) in [4.78, 5) is 14.4. The lowest BCUT2D eigenvalue weighted by Gasteiger charge is -2.38. The minimum atomic E-state index is -0.627. The molecule has 0 spiro atoms. The molecule has 0 amide bonds. The maximum atomic E-state index is 10.6. The van der Waals surface area contributed by atoms with Crippen molar-refractivity contribution in [1.29, 1.82) is 0 Å². The number of isocyanates is 1. The van der Waals surface area contributed by atoms with Crippen molar-refractivity contribution < 1.29 is 14.6 Å². The van der Waals surface area contributed by atoms with Gasteiger partial charge in [0.2, 0.25) is 6.08 Å². The van der Waals surface area contributed by atoms with E-state index < -0.39 is 5.54 Å². The summed E-state index contributed by atoms with van der Waals surface area (Å²) in [5.41, 5.74) is -0.00567. The lowest BCUT2D eigenvalue weighted by molar-refractivity contribution is 0.232. The fourth-order valence-corrected chi connectivity index (χ4v) is 2.28. The lowest BCUT2D eigenvalue weighted by Crippen LogP contribution is -2.32. The number of hydrogen-bond acceptors (Lipinski definition) is 4. The van der Waals surface area contributed by atoms with Crippen LogP contribution in [0.4, 0.5) is 0 Å². The number of carbonyl (C=O) groups excluding carboxylic acids is 1. The van der Waals surface area contributed by atoms with Crippen LogP contribution in [0.2, 0.25) is 0 Å². The maximum absolute atomic E-state index is 10.6. The Hall–Kier alpha value is -1.80. The molecule has 1 aliphatic carbocycles. The van der Waals surface area contributed by atoms with Crippen molar-refractivity contribution in [1.82, 2.24) is 0 Å². The highest BCUT2D eigenvalue weighted by Gasteiger charge is 2.43. The predicted molar refractivity (Wildman–Crippen MR) is 62.9 cm³/mol. The van der Waals surface area contributed by atoms with Crippen molar-refractivity contribution in [2.75, 3.05) is 6.61 Å². The second-order valence-corrected chi connectivity index (χ2v) is 4.17. The predicted octanol–water partition coefficient (Wildman–Crippen LogP) is 2.51. The standard InChI is InChI=1S/C13H15NO3/c1-2-17-11-6-3-5-10(16)12(11)13(14-9-15)7-4-8-13/h3,5-6,16H,2,4,7-8H2,1H3. The van der Waals surface area contributed by atoms with Gasteiger partial charge in [-0.3, -0.25) is 0 Å². The third-order valence-corrected chi connectivity index (χ3v) is 3.21. The molecule has 2 rings (SSSR count). The molecule has 0 saturated heterocycles. The monoisotopic (exact) mass is 233 g/mol. The van der Waals surface area contributed by atoms with Crippen LogP contribution in [0.3, 0.4) is 0 Å². The number of hydrogen-bond donors (Lipinski definition) is 1. The van der Waals surface area contributed by atoms with Gasteiger partial charge in [-0.15, -0.1) is 0 Å². The molecule has 4 nitrogen and oxygen atoms in total. The first-order valence-electron chi connectivity index (χ1n) is 5.78. The van der Waals surface area contributed by atoms with Gasteiger partial charge in [0.15, 0.2) is 0 Å². The second kappa shape index (κ2) is 4.60. The van der Waals surface area contributed by atoms with Crippen molar-refractivity contribution >= 4 is 6.08 Å². The lowest BCUT2D eigenvalue weighted by atomic mass is 9.71. The summed E-state index contributed by atoms with van der Waals surface area (Å²) >= 11 is 0. The summed E-state index contributed by atoms with van der Waals surface area (Å²) in [5.74, 6) is 0.737. The Morgan fingerprint density at radius 1 is 1.53 bits per heavy atom. The molecule has 1 saturated carbocycles. The second-order valence-electron chi connectivity index (χ2n) is 4.17. The smallest absolute Gasteiger partial charge is 0.235 e. The van der Waals surface area contributed by atoms with Crippen molar-refractivity contribution in [2.24, 2.45) is 4.99 Å². The van der Waals surface area contributed by atoms with Gasteiger partial charge in [-0.2, -0.15) is 4.99 Å². The summed E-state index contributed by atoms with van der Waals surface area (Å²) in [7, 11) is 0. The molecular formula is C13H15NO3. The van der Waals surface area contributed by atoms with E-state index in [0.717, 1.165) is 19.3 Å². The van der Waals surface area contributed by atoms with Crippen LogP contribution in [0, 0.1) is 0 Å². The fraction of sp³-hybridized carbons (Fsp3) is 0.462. The highest BCUT2D eigenvalue weighted by Crippen LogP contribution is 2.51. The Kier molecular flexibility index (Phi) is 3.16. The maximum Gasteiger partial charge on any atom is 0.235 e. The normalized spacial score (nSPS) is 16.8. The summed E-state index contributed by atoms with van der Waals surface area (Å²) < 4.78 is 5.50. The topological polar surface area (TPSA) is 58.9 Å². The number of phenolic OH excluding ortho intramolecular Hbond substituents is 1. The van der Waals surface area contributed by atoms with Crippen LogP contribution in [0.5, 0.6) is 11.5 Å². The van der Waals surface area contributed by atoms with Crippen LogP contribution in [-0.4, -0.2) is 17.8 Å². The number of rotatable bonds is 4. The van der Waals surface area contributed by atoms with Gasteiger partial charge in [-0.1, -0.05) is 6.07 Å². The van der Waals surface area contributed by atoms with E-state index in [4.69, 9.17) is 4.74 Å². The zero-order valence-corrected chi connectivity index (χ0v) is 9.77. The van der Waals surface area contributed by atoms with Crippen molar-refractivity contribution in [3.8, 4) is 11.5 Å². The molecule has 1 fully saturated rings. The Morgan fingerprint density at radius 3 is 2.82 bits per heavy atom. The van der Waals surface area contributed by atoms with Gasteiger partial charge in [0.1, 0.15) is 17.0 Å². The van der Waals surface area contributed by atoms with E-state index in [9.17, 15) is 9.90 Å². The molecular weight excluding hydrogens is 218 g/mol. The molecule has 0 aromatic heterocycles. The van der Waals surface area contributed by atoms with Gasteiger partial charge in [0.25, 0.3) is 0 Å². The van der Waals surface area contributed by atoms with E-state index in [1.54, 1.807) is 24.3 Å². The van der Waals surface area contributed by atoms with Crippen molar-refractivity contribution in [3.05, 3.63) is 23.8 Å². The Balaban J connectivity index is 2.52. The highest BCUT2D eigenvalue weighted by atomic mass is 16.5. The van der Waals surface area contributed by atoms with Crippen molar-refractivity contribution in [2.45, 2.75) is 31.7 Å². The molecule has 0 bridgehead atoms. The molecule has 0 aliphatic heterocycles. The molecule has 4 heteroatoms. The van der Waals surface area contributed by atoms with Crippen molar-refractivity contribution in [3.63, 3.8) is 0 Å². The molecule has 0 unspecified atom stereocenters. The number of phenols is 1. The summed E-state index contributed by atoms with van der Waals surface area (Å²) in [6, 6.07) is 5.11. The van der Waals surface area contributed by atoms with Crippen LogP contribution in [0.15, 0.2) is 23.2 Å². The largest absolute Gasteiger partial charge is 0.507 e. The summed E-state index contributed by atoms with van der Waals surface area (Å²) in [5, 5.41) is 9.98. The van der Waals surface area contributed by atoms with Gasteiger partial charge in [0, 0.05) is 0 Å². The molecule has 17 heavy (non-hydrogen) atoms. The van der Waals surface area contributed by atoms with Crippen LogP contribution in [-0.2, 0) is 10.3 Å². The van der Waals surface area contributed by atoms with E-state index >= 15 is 0 Å². The Morgan fingerprint density at radius 2 is 2.29 bits per heavy atom. The van der Waals surface area contributed by atoms with Crippen LogP contribution in [0.25, 0.3) is 0 Å². The molecule has 0 radical (unpaired) electrons. The van der Waals surface area contributed by atoms with E-state index in [2.05, 4.69) is 4.99 Å². The number of benzene rings is 1. The van der Waals surface area contributed by atoms with Crippen LogP contribution in [0.1, 0.15) is 31.7 Å². The van der Waals surface area contributed by atoms with Gasteiger partial charge >= 0.3 is 0 Å². The van der Waals surface area contributed by atoms with Crippen LogP contribution < -0.4 is 4.74 Å². The molecule has 90 valence electrons. The summed E-state index contributed by atoms with van der Waals surface area (Å²) in [6.45, 7) is 2.39. The average molecular weight is 233 g/mol. The average Bonchev–Trinajstić information content (AvgIpc) is 2.25. The van der Waals surface area contributed by atoms with Crippen LogP contribution >= 0.6 is 0 Å². The third-order valence-electron chi connectivity index (χ3n) is 3.21. The first-order valence-corrected chi connectivity index (χ1v) is 5.78. The Labute approximate surface area is 99.9 Å². The minimum Gasteiger partial charge on any atom is -0.507 e. The number of nitrogens with zero attached hydrogens (tertiary/aromatic N) is 1. The van der Waals surface area contributed by atoms with Gasteiger partial charge in [0.05, 0.1) is 12.2 Å². The zero-order valence-electron chi connectivity index (χ0n) is 9.77. The highest BCUT2D eigenvalue weighted by molar-refractivity contribution is 5.52. The molecule has 0 atom stereocenters. The molecule has 1 aromatic rings. The molecule has 1 aromatic carbocycles. The summed E-state index contributed by atoms with van der Waals surface area (Å²) in [6.07, 6.45) is 4.10. The first-order chi connectivity index (χ1) is 8.23. The van der Waals surface area contributed by atoms with E-state index in [1.165, 1.54) is 0 Å². The first kappa shape index (κ1) is 11.7. The van der Waals surface area contributed by atoms with Gasteiger partial charge in [-0.25, -0.2) is 4.79 Å².